The van der Waals surface area contributed by atoms with Crippen molar-refractivity contribution >= 4 is 72.8 Å². The molecule has 44 heavy (non-hydrogen) atoms. The van der Waals surface area contributed by atoms with Gasteiger partial charge < -0.3 is 21.7 Å². The van der Waals surface area contributed by atoms with E-state index in [2.05, 4.69) is 10.3 Å². The van der Waals surface area contributed by atoms with Crippen LogP contribution >= 0.6 is 21.6 Å². The summed E-state index contributed by atoms with van der Waals surface area (Å²) < 4.78 is 0. The molecular weight excluding hydrogens is 589 g/mol. The van der Waals surface area contributed by atoms with Gasteiger partial charge >= 0.3 is 0 Å². The standard InChI is InChI=1S/C34H28N6O2S2/c35-25-6-1-5-22(17-25)34(42)39-19-23-11-13-30(32-28(23)9-3-15-37-32)43-44-31-14-12-24(29-10-4-16-38-33(29)31)20-40(21-41)27-8-2-7-26(36)18-27/h1-18,21H,19-20,35-36H2,(H,39,42). The van der Waals surface area contributed by atoms with Crippen molar-refractivity contribution in [1.82, 2.24) is 15.3 Å². The van der Waals surface area contributed by atoms with Crippen molar-refractivity contribution in [2.75, 3.05) is 16.4 Å². The lowest BCUT2D eigenvalue weighted by Crippen LogP contribution is -2.23. The van der Waals surface area contributed by atoms with Crippen molar-refractivity contribution in [2.45, 2.75) is 22.9 Å². The van der Waals surface area contributed by atoms with Gasteiger partial charge in [0.1, 0.15) is 0 Å². The fraction of sp³-hybridized carbons (Fsp3) is 0.0588. The maximum atomic E-state index is 12.7. The Morgan fingerprint density at radius 3 is 2.00 bits per heavy atom. The SMILES string of the molecule is Nc1cccc(C(=O)NCc2ccc(SSc3ccc(CN(C=O)c4cccc(N)c4)c4cccnc34)c3ncccc23)c1. The van der Waals surface area contributed by atoms with Crippen LogP contribution in [0.5, 0.6) is 0 Å². The lowest BCUT2D eigenvalue weighted by Gasteiger charge is -2.19. The highest BCUT2D eigenvalue weighted by Gasteiger charge is 2.15. The molecule has 2 aromatic heterocycles. The number of nitrogen functional groups attached to an aromatic ring is 2. The van der Waals surface area contributed by atoms with Crippen molar-refractivity contribution < 1.29 is 9.59 Å². The largest absolute Gasteiger partial charge is 0.399 e. The molecule has 0 aliphatic carbocycles. The van der Waals surface area contributed by atoms with E-state index < -0.39 is 0 Å². The average molecular weight is 617 g/mol. The first-order valence-electron chi connectivity index (χ1n) is 13.8. The number of amides is 2. The van der Waals surface area contributed by atoms with Crippen LogP contribution in [0.3, 0.4) is 0 Å². The summed E-state index contributed by atoms with van der Waals surface area (Å²) in [6, 6.07) is 30.2. The molecule has 2 heterocycles. The number of nitrogens with two attached hydrogens (primary N) is 2. The lowest BCUT2D eigenvalue weighted by molar-refractivity contribution is -0.107. The van der Waals surface area contributed by atoms with Crippen molar-refractivity contribution in [3.8, 4) is 0 Å². The normalized spacial score (nSPS) is 11.0. The van der Waals surface area contributed by atoms with Crippen LogP contribution in [-0.4, -0.2) is 22.3 Å². The van der Waals surface area contributed by atoms with Gasteiger partial charge in [-0.1, -0.05) is 58.0 Å². The van der Waals surface area contributed by atoms with E-state index in [1.54, 1.807) is 75.3 Å². The number of nitrogens with zero attached hydrogens (tertiary/aromatic N) is 3. The minimum Gasteiger partial charge on any atom is -0.399 e. The Balaban J connectivity index is 1.22. The molecule has 4 aromatic carbocycles. The summed E-state index contributed by atoms with van der Waals surface area (Å²) in [6.07, 6.45) is 4.37. The molecule has 0 spiro atoms. The molecule has 10 heteroatoms. The maximum Gasteiger partial charge on any atom is 0.251 e. The van der Waals surface area contributed by atoms with E-state index in [1.807, 2.05) is 60.7 Å². The van der Waals surface area contributed by atoms with Gasteiger partial charge in [0, 0.05) is 62.1 Å². The number of hydrogen-bond acceptors (Lipinski definition) is 8. The van der Waals surface area contributed by atoms with Crippen molar-refractivity contribution in [1.29, 1.82) is 0 Å². The number of fused-ring (bicyclic) bond motifs is 2. The molecule has 0 unspecified atom stereocenters. The quantitative estimate of drug-likeness (QED) is 0.0868. The van der Waals surface area contributed by atoms with Gasteiger partial charge in [-0.05, 0) is 71.8 Å². The number of hydrogen-bond donors (Lipinski definition) is 3. The number of nitrogens with one attached hydrogen (secondary N) is 1. The molecule has 218 valence electrons. The van der Waals surface area contributed by atoms with Gasteiger partial charge in [0.05, 0.1) is 17.6 Å². The third kappa shape index (κ3) is 6.31. The molecule has 0 bridgehead atoms. The first-order valence-corrected chi connectivity index (χ1v) is 15.9. The van der Waals surface area contributed by atoms with E-state index in [4.69, 9.17) is 16.5 Å². The zero-order valence-electron chi connectivity index (χ0n) is 23.5. The number of carbonyl (C=O) groups excluding carboxylic acids is 2. The van der Waals surface area contributed by atoms with Gasteiger partial charge in [0.2, 0.25) is 6.41 Å². The zero-order chi connectivity index (χ0) is 30.5. The summed E-state index contributed by atoms with van der Waals surface area (Å²) in [5.41, 5.74) is 17.9. The number of pyridine rings is 2. The van der Waals surface area contributed by atoms with E-state index in [9.17, 15) is 9.59 Å². The predicted molar refractivity (Wildman–Crippen MR) is 180 cm³/mol. The van der Waals surface area contributed by atoms with Crippen LogP contribution in [0, 0.1) is 0 Å². The number of carbonyl (C=O) groups is 2. The first kappa shape index (κ1) is 29.0. The van der Waals surface area contributed by atoms with Gasteiger partial charge in [0.25, 0.3) is 5.91 Å². The van der Waals surface area contributed by atoms with Gasteiger partial charge in [0.15, 0.2) is 0 Å². The molecule has 5 N–H and O–H groups in total. The van der Waals surface area contributed by atoms with E-state index in [0.29, 0.717) is 30.0 Å². The second kappa shape index (κ2) is 13.1. The molecular formula is C34H28N6O2S2. The zero-order valence-corrected chi connectivity index (χ0v) is 25.1. The topological polar surface area (TPSA) is 127 Å². The van der Waals surface area contributed by atoms with Crippen LogP contribution in [0.1, 0.15) is 21.5 Å². The monoisotopic (exact) mass is 616 g/mol. The van der Waals surface area contributed by atoms with Crippen LogP contribution in [0.4, 0.5) is 17.1 Å². The Hall–Kier alpha value is -5.06. The summed E-state index contributed by atoms with van der Waals surface area (Å²) in [5, 5.41) is 4.94. The fourth-order valence-corrected chi connectivity index (χ4v) is 7.22. The van der Waals surface area contributed by atoms with Gasteiger partial charge in [-0.3, -0.25) is 19.6 Å². The highest BCUT2D eigenvalue weighted by Crippen LogP contribution is 2.43. The number of rotatable bonds is 10. The van der Waals surface area contributed by atoms with Crippen LogP contribution in [-0.2, 0) is 17.9 Å². The molecule has 0 fully saturated rings. The Morgan fingerprint density at radius 2 is 1.36 bits per heavy atom. The molecule has 6 rings (SSSR count). The van der Waals surface area contributed by atoms with Crippen LogP contribution in [0.15, 0.2) is 119 Å². The summed E-state index contributed by atoms with van der Waals surface area (Å²) in [7, 11) is 3.21. The smallest absolute Gasteiger partial charge is 0.251 e. The van der Waals surface area contributed by atoms with Crippen molar-refractivity contribution in [2.24, 2.45) is 0 Å². The van der Waals surface area contributed by atoms with E-state index in [0.717, 1.165) is 54.8 Å². The molecule has 0 aliphatic heterocycles. The molecule has 0 atom stereocenters. The highest BCUT2D eigenvalue weighted by molar-refractivity contribution is 8.76. The Kier molecular flexibility index (Phi) is 8.62. The number of aromatic nitrogens is 2. The highest BCUT2D eigenvalue weighted by atomic mass is 33.1. The van der Waals surface area contributed by atoms with Crippen molar-refractivity contribution in [3.05, 3.63) is 126 Å². The molecule has 2 amide bonds. The minimum atomic E-state index is -0.185. The second-order valence-electron chi connectivity index (χ2n) is 10.0. The van der Waals surface area contributed by atoms with Crippen molar-refractivity contribution in [3.63, 3.8) is 0 Å². The van der Waals surface area contributed by atoms with Gasteiger partial charge in [-0.15, -0.1) is 0 Å². The minimum absolute atomic E-state index is 0.185. The van der Waals surface area contributed by atoms with Crippen LogP contribution < -0.4 is 21.7 Å². The fourth-order valence-electron chi connectivity index (χ4n) is 4.96. The maximum absolute atomic E-state index is 12.7. The summed E-state index contributed by atoms with van der Waals surface area (Å²) in [4.78, 5) is 37.7. The lowest BCUT2D eigenvalue weighted by atomic mass is 10.1. The summed E-state index contributed by atoms with van der Waals surface area (Å²) in [5.74, 6) is -0.185. The van der Waals surface area contributed by atoms with Gasteiger partial charge in [-0.2, -0.15) is 0 Å². The number of anilines is 3. The molecule has 0 aliphatic rings. The van der Waals surface area contributed by atoms with E-state index >= 15 is 0 Å². The molecule has 0 radical (unpaired) electrons. The summed E-state index contributed by atoms with van der Waals surface area (Å²) >= 11 is 0. The van der Waals surface area contributed by atoms with Crippen LogP contribution in [0.2, 0.25) is 0 Å². The molecule has 0 saturated heterocycles. The number of benzene rings is 4. The van der Waals surface area contributed by atoms with Gasteiger partial charge in [-0.25, -0.2) is 0 Å². The third-order valence-corrected chi connectivity index (χ3v) is 9.55. The molecule has 8 nitrogen and oxygen atoms in total. The first-order chi connectivity index (χ1) is 21.5. The third-order valence-electron chi connectivity index (χ3n) is 7.13. The van der Waals surface area contributed by atoms with E-state index in [1.165, 1.54) is 0 Å². The summed E-state index contributed by atoms with van der Waals surface area (Å²) in [6.45, 7) is 0.745. The van der Waals surface area contributed by atoms with E-state index in [-0.39, 0.29) is 5.91 Å². The Bertz CT molecular complexity index is 2000. The predicted octanol–water partition coefficient (Wildman–Crippen LogP) is 6.84. The molecule has 0 saturated carbocycles. The Morgan fingerprint density at radius 1 is 0.750 bits per heavy atom. The molecule has 6 aromatic rings. The second-order valence-corrected chi connectivity index (χ2v) is 12.3. The average Bonchev–Trinajstić information content (AvgIpc) is 3.05. The Labute approximate surface area is 262 Å². The van der Waals surface area contributed by atoms with Crippen LogP contribution in [0.25, 0.3) is 21.8 Å².